The fraction of sp³-hybridized carbons (Fsp3) is 0.733. The topological polar surface area (TPSA) is 49.8 Å². The summed E-state index contributed by atoms with van der Waals surface area (Å²) in [4.78, 5) is 8.74. The molecule has 0 radical (unpaired) electrons. The molecule has 0 atom stereocenters. The number of nitrogens with one attached hydrogen (secondary N) is 2. The molecule has 0 spiro atoms. The Hall–Kier alpha value is -0.970. The van der Waals surface area contributed by atoms with Gasteiger partial charge in [-0.3, -0.25) is 0 Å². The summed E-state index contributed by atoms with van der Waals surface area (Å²) in [6.07, 6.45) is 9.64. The standard InChI is InChI=1S/C15H28N4S/c1-4-9-16-14-13(5-2)15(19-12-18-14)17-10-7-6-8-11-20-3/h12H,4-11H2,1-3H3,(H2,16,17,18,19). The lowest BCUT2D eigenvalue weighted by Crippen LogP contribution is -2.11. The fourth-order valence-corrected chi connectivity index (χ4v) is 2.54. The number of nitrogens with zero attached hydrogens (tertiary/aromatic N) is 2. The van der Waals surface area contributed by atoms with E-state index < -0.39 is 0 Å². The van der Waals surface area contributed by atoms with Gasteiger partial charge in [-0.1, -0.05) is 20.3 Å². The Balaban J connectivity index is 2.47. The Morgan fingerprint density at radius 2 is 1.70 bits per heavy atom. The lowest BCUT2D eigenvalue weighted by Gasteiger charge is -2.14. The van der Waals surface area contributed by atoms with Crippen LogP contribution in [0.4, 0.5) is 11.6 Å². The number of unbranched alkanes of at least 4 members (excludes halogenated alkanes) is 2. The predicted molar refractivity (Wildman–Crippen MR) is 90.9 cm³/mol. The fourth-order valence-electron chi connectivity index (χ4n) is 2.05. The van der Waals surface area contributed by atoms with Gasteiger partial charge < -0.3 is 10.6 Å². The molecule has 0 bridgehead atoms. The molecule has 5 heteroatoms. The minimum absolute atomic E-state index is 0.946. The summed E-state index contributed by atoms with van der Waals surface area (Å²) in [6, 6.07) is 0. The molecule has 1 rings (SSSR count). The van der Waals surface area contributed by atoms with Crippen molar-refractivity contribution in [3.05, 3.63) is 11.9 Å². The van der Waals surface area contributed by atoms with Gasteiger partial charge in [-0.15, -0.1) is 0 Å². The smallest absolute Gasteiger partial charge is 0.134 e. The first-order chi connectivity index (χ1) is 9.83. The van der Waals surface area contributed by atoms with Gasteiger partial charge in [-0.25, -0.2) is 9.97 Å². The highest BCUT2D eigenvalue weighted by molar-refractivity contribution is 7.98. The molecule has 0 aromatic carbocycles. The van der Waals surface area contributed by atoms with Gasteiger partial charge in [0.15, 0.2) is 0 Å². The lowest BCUT2D eigenvalue weighted by atomic mass is 10.2. The molecule has 0 unspecified atom stereocenters. The summed E-state index contributed by atoms with van der Waals surface area (Å²) in [5, 5.41) is 6.84. The number of thioether (sulfide) groups is 1. The van der Waals surface area contributed by atoms with Crippen LogP contribution in [-0.2, 0) is 6.42 Å². The zero-order valence-corrected chi connectivity index (χ0v) is 13.9. The van der Waals surface area contributed by atoms with E-state index in [1.54, 1.807) is 6.33 Å². The number of hydrogen-bond donors (Lipinski definition) is 2. The molecule has 0 aliphatic heterocycles. The van der Waals surface area contributed by atoms with Crippen LogP contribution in [0.3, 0.4) is 0 Å². The summed E-state index contributed by atoms with van der Waals surface area (Å²) in [5.41, 5.74) is 1.20. The third kappa shape index (κ3) is 5.99. The summed E-state index contributed by atoms with van der Waals surface area (Å²) >= 11 is 1.92. The average Bonchev–Trinajstić information content (AvgIpc) is 2.48. The third-order valence-electron chi connectivity index (χ3n) is 3.16. The summed E-state index contributed by atoms with van der Waals surface area (Å²) < 4.78 is 0. The SMILES string of the molecule is CCCNc1ncnc(NCCCCCSC)c1CC. The zero-order valence-electron chi connectivity index (χ0n) is 13.0. The van der Waals surface area contributed by atoms with Crippen molar-refractivity contribution in [3.63, 3.8) is 0 Å². The molecule has 20 heavy (non-hydrogen) atoms. The van der Waals surface area contributed by atoms with Crippen LogP contribution in [0.2, 0.25) is 0 Å². The first kappa shape index (κ1) is 17.1. The molecule has 0 amide bonds. The van der Waals surface area contributed by atoms with Crippen LogP contribution in [0.5, 0.6) is 0 Å². The predicted octanol–water partition coefficient (Wildman–Crippen LogP) is 3.81. The maximum Gasteiger partial charge on any atom is 0.134 e. The van der Waals surface area contributed by atoms with Crippen LogP contribution >= 0.6 is 11.8 Å². The van der Waals surface area contributed by atoms with Gasteiger partial charge in [-0.2, -0.15) is 11.8 Å². The van der Waals surface area contributed by atoms with Gasteiger partial charge in [0, 0.05) is 18.7 Å². The molecule has 4 nitrogen and oxygen atoms in total. The third-order valence-corrected chi connectivity index (χ3v) is 3.86. The van der Waals surface area contributed by atoms with Gasteiger partial charge in [0.25, 0.3) is 0 Å². The molecule has 1 aromatic heterocycles. The molecule has 0 fully saturated rings. The largest absolute Gasteiger partial charge is 0.370 e. The molecule has 0 aliphatic carbocycles. The van der Waals surface area contributed by atoms with Crippen molar-refractivity contribution in [1.29, 1.82) is 0 Å². The monoisotopic (exact) mass is 296 g/mol. The minimum atomic E-state index is 0.946. The highest BCUT2D eigenvalue weighted by atomic mass is 32.2. The van der Waals surface area contributed by atoms with Crippen molar-refractivity contribution < 1.29 is 0 Å². The van der Waals surface area contributed by atoms with E-state index in [1.165, 1.54) is 30.6 Å². The summed E-state index contributed by atoms with van der Waals surface area (Å²) in [6.45, 7) is 6.26. The number of hydrogen-bond acceptors (Lipinski definition) is 5. The van der Waals surface area contributed by atoms with E-state index >= 15 is 0 Å². The van der Waals surface area contributed by atoms with Crippen molar-refractivity contribution in [1.82, 2.24) is 9.97 Å². The highest BCUT2D eigenvalue weighted by Crippen LogP contribution is 2.20. The normalized spacial score (nSPS) is 10.6. The average molecular weight is 296 g/mol. The first-order valence-electron chi connectivity index (χ1n) is 7.64. The van der Waals surface area contributed by atoms with Crippen molar-refractivity contribution in [3.8, 4) is 0 Å². The van der Waals surface area contributed by atoms with E-state index in [1.807, 2.05) is 11.8 Å². The Kier molecular flexibility index (Phi) is 9.20. The second kappa shape index (κ2) is 10.8. The number of aromatic nitrogens is 2. The van der Waals surface area contributed by atoms with E-state index in [-0.39, 0.29) is 0 Å². The molecule has 0 saturated carbocycles. The van der Waals surface area contributed by atoms with Gasteiger partial charge in [-0.05, 0) is 37.7 Å². The van der Waals surface area contributed by atoms with Crippen LogP contribution in [0, 0.1) is 0 Å². The zero-order chi connectivity index (χ0) is 14.6. The van der Waals surface area contributed by atoms with Gasteiger partial charge in [0.1, 0.15) is 18.0 Å². The Morgan fingerprint density at radius 1 is 1.00 bits per heavy atom. The van der Waals surface area contributed by atoms with Crippen molar-refractivity contribution >= 4 is 23.4 Å². The van der Waals surface area contributed by atoms with E-state index in [4.69, 9.17) is 0 Å². The second-order valence-electron chi connectivity index (χ2n) is 4.81. The molecule has 0 saturated heterocycles. The maximum absolute atomic E-state index is 4.39. The van der Waals surface area contributed by atoms with Gasteiger partial charge in [0.2, 0.25) is 0 Å². The molecule has 1 heterocycles. The lowest BCUT2D eigenvalue weighted by molar-refractivity contribution is 0.747. The van der Waals surface area contributed by atoms with Crippen LogP contribution in [0.15, 0.2) is 6.33 Å². The van der Waals surface area contributed by atoms with Crippen molar-refractivity contribution in [2.24, 2.45) is 0 Å². The van der Waals surface area contributed by atoms with Gasteiger partial charge in [0.05, 0.1) is 0 Å². The Bertz CT molecular complexity index is 371. The van der Waals surface area contributed by atoms with E-state index in [2.05, 4.69) is 40.7 Å². The minimum Gasteiger partial charge on any atom is -0.370 e. The van der Waals surface area contributed by atoms with Gasteiger partial charge >= 0.3 is 0 Å². The van der Waals surface area contributed by atoms with Crippen molar-refractivity contribution in [2.45, 2.75) is 46.0 Å². The molecule has 114 valence electrons. The second-order valence-corrected chi connectivity index (χ2v) is 5.80. The van der Waals surface area contributed by atoms with Crippen LogP contribution in [-0.4, -0.2) is 35.1 Å². The van der Waals surface area contributed by atoms with E-state index in [9.17, 15) is 0 Å². The first-order valence-corrected chi connectivity index (χ1v) is 9.03. The van der Waals surface area contributed by atoms with Crippen LogP contribution < -0.4 is 10.6 Å². The molecular formula is C15H28N4S. The number of rotatable bonds is 11. The number of anilines is 2. The van der Waals surface area contributed by atoms with Crippen LogP contribution in [0.1, 0.15) is 45.1 Å². The van der Waals surface area contributed by atoms with E-state index in [0.717, 1.165) is 37.6 Å². The summed E-state index contributed by atoms with van der Waals surface area (Å²) in [7, 11) is 0. The van der Waals surface area contributed by atoms with Crippen molar-refractivity contribution in [2.75, 3.05) is 35.7 Å². The molecule has 2 N–H and O–H groups in total. The van der Waals surface area contributed by atoms with E-state index in [0.29, 0.717) is 0 Å². The molecular weight excluding hydrogens is 268 g/mol. The Labute approximate surface area is 127 Å². The molecule has 0 aliphatic rings. The molecule has 1 aromatic rings. The Morgan fingerprint density at radius 3 is 2.30 bits per heavy atom. The maximum atomic E-state index is 4.39. The summed E-state index contributed by atoms with van der Waals surface area (Å²) in [5.74, 6) is 3.24. The highest BCUT2D eigenvalue weighted by Gasteiger charge is 2.08. The van der Waals surface area contributed by atoms with Crippen LogP contribution in [0.25, 0.3) is 0 Å². The quantitative estimate of drug-likeness (QED) is 0.608.